The first kappa shape index (κ1) is 16.4. The Hall–Kier alpha value is -2.41. The van der Waals surface area contributed by atoms with E-state index >= 15 is 0 Å². The summed E-state index contributed by atoms with van der Waals surface area (Å²) in [5.74, 6) is -0.0184. The summed E-state index contributed by atoms with van der Waals surface area (Å²) in [5.41, 5.74) is 2.75. The largest absolute Gasteiger partial charge is 0.326 e. The van der Waals surface area contributed by atoms with E-state index < -0.39 is 0 Å². The Bertz CT molecular complexity index is 843. The van der Waals surface area contributed by atoms with Gasteiger partial charge in [0.1, 0.15) is 0 Å². The van der Waals surface area contributed by atoms with Crippen LogP contribution in [0.4, 0.5) is 5.69 Å². The maximum atomic E-state index is 12.2. The second-order valence-corrected chi connectivity index (χ2v) is 6.58. The Balaban J connectivity index is 1.64. The molecular weight excluding hydrogens is 326 g/mol. The van der Waals surface area contributed by atoms with E-state index in [0.29, 0.717) is 16.4 Å². The van der Waals surface area contributed by atoms with Gasteiger partial charge in [-0.25, -0.2) is 4.98 Å². The van der Waals surface area contributed by atoms with E-state index in [2.05, 4.69) is 15.3 Å². The number of ketones is 1. The summed E-state index contributed by atoms with van der Waals surface area (Å²) in [6.07, 6.45) is 2.56. The molecule has 0 aliphatic heterocycles. The molecule has 0 atom stereocenters. The number of hydrogen-bond acceptors (Lipinski definition) is 5. The highest BCUT2D eigenvalue weighted by molar-refractivity contribution is 7.99. The third-order valence-corrected chi connectivity index (χ3v) is 4.66. The topological polar surface area (TPSA) is 91.9 Å². The van der Waals surface area contributed by atoms with Gasteiger partial charge in [-0.05, 0) is 43.5 Å². The fourth-order valence-electron chi connectivity index (χ4n) is 2.65. The normalized spacial score (nSPS) is 12.7. The van der Waals surface area contributed by atoms with E-state index in [1.54, 1.807) is 24.3 Å². The Labute approximate surface area is 143 Å². The van der Waals surface area contributed by atoms with Crippen LogP contribution in [0.25, 0.3) is 0 Å². The molecule has 24 heavy (non-hydrogen) atoms. The number of nitrogens with zero attached hydrogens (tertiary/aromatic N) is 1. The van der Waals surface area contributed by atoms with Gasteiger partial charge in [0.25, 0.3) is 5.56 Å². The van der Waals surface area contributed by atoms with Crippen LogP contribution in [0.3, 0.4) is 0 Å². The zero-order valence-electron chi connectivity index (χ0n) is 13.2. The van der Waals surface area contributed by atoms with Crippen LogP contribution in [0.1, 0.15) is 35.0 Å². The number of thioether (sulfide) groups is 1. The average Bonchev–Trinajstić information content (AvgIpc) is 3.02. The molecule has 1 aliphatic rings. The molecule has 1 amide bonds. The fraction of sp³-hybridized carbons (Fsp3) is 0.294. The molecule has 3 rings (SSSR count). The quantitative estimate of drug-likeness (QED) is 0.493. The Morgan fingerprint density at radius 3 is 2.71 bits per heavy atom. The summed E-state index contributed by atoms with van der Waals surface area (Å²) in [7, 11) is 0. The molecule has 0 bridgehead atoms. The van der Waals surface area contributed by atoms with Crippen molar-refractivity contribution in [3.8, 4) is 0 Å². The number of rotatable bonds is 5. The summed E-state index contributed by atoms with van der Waals surface area (Å²) in [6, 6.07) is 6.73. The van der Waals surface area contributed by atoms with Crippen molar-refractivity contribution < 1.29 is 9.59 Å². The van der Waals surface area contributed by atoms with E-state index in [-0.39, 0.29) is 23.0 Å². The van der Waals surface area contributed by atoms with Gasteiger partial charge in [-0.2, -0.15) is 0 Å². The molecule has 0 unspecified atom stereocenters. The van der Waals surface area contributed by atoms with Crippen molar-refractivity contribution in [1.29, 1.82) is 0 Å². The molecule has 1 heterocycles. The molecule has 0 fully saturated rings. The molecule has 6 nitrogen and oxygen atoms in total. The molecule has 1 aromatic heterocycles. The lowest BCUT2D eigenvalue weighted by molar-refractivity contribution is -0.114. The van der Waals surface area contributed by atoms with Gasteiger partial charge >= 0.3 is 0 Å². The van der Waals surface area contributed by atoms with E-state index in [9.17, 15) is 14.4 Å². The number of benzene rings is 1. The van der Waals surface area contributed by atoms with Gasteiger partial charge in [-0.15, -0.1) is 0 Å². The fourth-order valence-corrected chi connectivity index (χ4v) is 3.42. The minimum Gasteiger partial charge on any atom is -0.326 e. The minimum atomic E-state index is -0.156. The van der Waals surface area contributed by atoms with Crippen molar-refractivity contribution in [1.82, 2.24) is 9.97 Å². The van der Waals surface area contributed by atoms with Crippen LogP contribution in [-0.4, -0.2) is 27.4 Å². The molecule has 7 heteroatoms. The number of nitrogens with one attached hydrogen (secondary N) is 2. The van der Waals surface area contributed by atoms with Crippen LogP contribution in [0.5, 0.6) is 0 Å². The van der Waals surface area contributed by atoms with Crippen molar-refractivity contribution in [3.05, 3.63) is 51.4 Å². The minimum absolute atomic E-state index is 0.0578. The van der Waals surface area contributed by atoms with Crippen LogP contribution in [0.2, 0.25) is 0 Å². The van der Waals surface area contributed by atoms with E-state index in [1.165, 1.54) is 18.7 Å². The van der Waals surface area contributed by atoms with Gasteiger partial charge in [-0.1, -0.05) is 11.8 Å². The molecule has 0 spiro atoms. The highest BCUT2D eigenvalue weighted by Gasteiger charge is 2.17. The predicted molar refractivity (Wildman–Crippen MR) is 92.7 cm³/mol. The van der Waals surface area contributed by atoms with Crippen LogP contribution in [-0.2, 0) is 17.6 Å². The highest BCUT2D eigenvalue weighted by Crippen LogP contribution is 2.20. The summed E-state index contributed by atoms with van der Waals surface area (Å²) in [6.45, 7) is 1.43. The van der Waals surface area contributed by atoms with Crippen LogP contribution >= 0.6 is 11.8 Å². The molecule has 0 saturated carbocycles. The number of carbonyl (C=O) groups excluding carboxylic acids is 2. The molecule has 1 aromatic carbocycles. The standard InChI is InChI=1S/C17H17N3O3S/c1-10(21)18-12-7-5-11(6-8-12)15(22)9-24-17-19-14-4-2-3-13(14)16(23)20-17/h5-8H,2-4,9H2,1H3,(H,18,21)(H,19,20,23). The maximum absolute atomic E-state index is 12.2. The Kier molecular flexibility index (Phi) is 4.80. The zero-order valence-corrected chi connectivity index (χ0v) is 14.0. The lowest BCUT2D eigenvalue weighted by atomic mass is 10.1. The van der Waals surface area contributed by atoms with Crippen molar-refractivity contribution in [2.75, 3.05) is 11.1 Å². The first-order valence-corrected chi connectivity index (χ1v) is 8.67. The second-order valence-electron chi connectivity index (χ2n) is 5.62. The smallest absolute Gasteiger partial charge is 0.254 e. The predicted octanol–water partition coefficient (Wildman–Crippen LogP) is 2.19. The number of H-pyrrole nitrogens is 1. The first-order chi connectivity index (χ1) is 11.5. The van der Waals surface area contributed by atoms with Crippen molar-refractivity contribution in [2.24, 2.45) is 0 Å². The summed E-state index contributed by atoms with van der Waals surface area (Å²) in [4.78, 5) is 42.3. The molecule has 0 saturated heterocycles. The van der Waals surface area contributed by atoms with Gasteiger partial charge in [0, 0.05) is 23.7 Å². The van der Waals surface area contributed by atoms with E-state index in [1.807, 2.05) is 0 Å². The number of hydrogen-bond donors (Lipinski definition) is 2. The zero-order chi connectivity index (χ0) is 17.1. The van der Waals surface area contributed by atoms with Crippen LogP contribution < -0.4 is 10.9 Å². The molecular formula is C17H17N3O3S. The Morgan fingerprint density at radius 2 is 2.00 bits per heavy atom. The van der Waals surface area contributed by atoms with Gasteiger partial charge < -0.3 is 10.3 Å². The molecule has 124 valence electrons. The number of anilines is 1. The van der Waals surface area contributed by atoms with Gasteiger partial charge in [-0.3, -0.25) is 14.4 Å². The van der Waals surface area contributed by atoms with Gasteiger partial charge in [0.2, 0.25) is 5.91 Å². The summed E-state index contributed by atoms with van der Waals surface area (Å²) < 4.78 is 0. The van der Waals surface area contributed by atoms with Gasteiger partial charge in [0.05, 0.1) is 11.4 Å². The number of fused-ring (bicyclic) bond motifs is 1. The average molecular weight is 343 g/mol. The number of aromatic amines is 1. The number of aromatic nitrogens is 2. The monoisotopic (exact) mass is 343 g/mol. The maximum Gasteiger partial charge on any atom is 0.254 e. The third kappa shape index (κ3) is 3.73. The first-order valence-electron chi connectivity index (χ1n) is 7.68. The lowest BCUT2D eigenvalue weighted by Gasteiger charge is -2.05. The third-order valence-electron chi connectivity index (χ3n) is 3.79. The van der Waals surface area contributed by atoms with Crippen molar-refractivity contribution in [3.63, 3.8) is 0 Å². The van der Waals surface area contributed by atoms with Gasteiger partial charge in [0.15, 0.2) is 10.9 Å². The number of carbonyl (C=O) groups is 2. The lowest BCUT2D eigenvalue weighted by Crippen LogP contribution is -2.15. The SMILES string of the molecule is CC(=O)Nc1ccc(C(=O)CSc2nc3c(c(=O)[nH]2)CCC3)cc1. The summed E-state index contributed by atoms with van der Waals surface area (Å²) in [5, 5.41) is 3.14. The highest BCUT2D eigenvalue weighted by atomic mass is 32.2. The van der Waals surface area contributed by atoms with Crippen LogP contribution in [0, 0.1) is 0 Å². The molecule has 2 aromatic rings. The molecule has 2 N–H and O–H groups in total. The number of aryl methyl sites for hydroxylation is 1. The number of amides is 1. The van der Waals surface area contributed by atoms with Crippen LogP contribution in [0.15, 0.2) is 34.2 Å². The van der Waals surface area contributed by atoms with E-state index in [0.717, 1.165) is 30.5 Å². The molecule has 1 aliphatic carbocycles. The van der Waals surface area contributed by atoms with E-state index in [4.69, 9.17) is 0 Å². The van der Waals surface area contributed by atoms with Crippen molar-refractivity contribution in [2.45, 2.75) is 31.3 Å². The van der Waals surface area contributed by atoms with Crippen molar-refractivity contribution >= 4 is 29.1 Å². The Morgan fingerprint density at radius 1 is 1.25 bits per heavy atom. The number of Topliss-reactive ketones (excluding diaryl/α,β-unsaturated/α-hetero) is 1. The molecule has 0 radical (unpaired) electrons. The second kappa shape index (κ2) is 7.00. The summed E-state index contributed by atoms with van der Waals surface area (Å²) >= 11 is 1.23.